The number of carbonyl (C=O) groups excluding carboxylic acids is 2. The number of thiophene rings is 1. The molecule has 0 aliphatic carbocycles. The van der Waals surface area contributed by atoms with Crippen LogP contribution in [0.1, 0.15) is 44.1 Å². The number of likely N-dealkylation sites (tertiary alicyclic amines) is 3. The first-order valence-corrected chi connectivity index (χ1v) is 15.6. The average molecular weight is 545 g/mol. The van der Waals surface area contributed by atoms with Gasteiger partial charge in [0.05, 0.1) is 6.54 Å². The lowest BCUT2D eigenvalue weighted by Crippen LogP contribution is -2.55. The molecule has 0 radical (unpaired) electrons. The van der Waals surface area contributed by atoms with E-state index in [9.17, 15) is 18.0 Å². The molecule has 0 saturated carbocycles. The summed E-state index contributed by atoms with van der Waals surface area (Å²) in [4.78, 5) is 33.2. The summed E-state index contributed by atoms with van der Waals surface area (Å²) in [5, 5.41) is 0. The maximum atomic E-state index is 13.2. The molecule has 2 atom stereocenters. The molecule has 37 heavy (non-hydrogen) atoms. The number of benzene rings is 1. The van der Waals surface area contributed by atoms with Gasteiger partial charge in [-0.3, -0.25) is 9.59 Å². The van der Waals surface area contributed by atoms with Crippen molar-refractivity contribution in [3.8, 4) is 10.4 Å². The Balaban J connectivity index is 1.21. The minimum atomic E-state index is -3.86. The van der Waals surface area contributed by atoms with Crippen LogP contribution in [-0.4, -0.2) is 86.3 Å². The summed E-state index contributed by atoms with van der Waals surface area (Å²) in [5.41, 5.74) is 2.07. The second-order valence-corrected chi connectivity index (χ2v) is 13.5. The van der Waals surface area contributed by atoms with E-state index in [-0.39, 0.29) is 28.6 Å². The number of nitrogens with one attached hydrogen (secondary N) is 1. The molecule has 1 N–H and O–H groups in total. The van der Waals surface area contributed by atoms with Crippen molar-refractivity contribution in [1.82, 2.24) is 19.4 Å². The lowest BCUT2D eigenvalue weighted by atomic mass is 10.1. The average Bonchev–Trinajstić information content (AvgIpc) is 3.64. The molecule has 5 rings (SSSR count). The molecule has 1 aromatic carbocycles. The zero-order valence-electron chi connectivity index (χ0n) is 21.4. The van der Waals surface area contributed by atoms with Crippen molar-refractivity contribution in [2.45, 2.75) is 61.7 Å². The third kappa shape index (κ3) is 6.08. The molecule has 10 heteroatoms. The first-order chi connectivity index (χ1) is 17.8. The second-order valence-electron chi connectivity index (χ2n) is 10.5. The molecule has 3 aliphatic rings. The number of hydrogen-bond acceptors (Lipinski definition) is 6. The van der Waals surface area contributed by atoms with Crippen molar-refractivity contribution in [2.24, 2.45) is 0 Å². The zero-order valence-corrected chi connectivity index (χ0v) is 23.0. The van der Waals surface area contributed by atoms with Crippen molar-refractivity contribution in [3.63, 3.8) is 0 Å². The molecule has 1 aromatic heterocycles. The first-order valence-electron chi connectivity index (χ1n) is 13.3. The third-order valence-corrected chi connectivity index (χ3v) is 10.8. The quantitative estimate of drug-likeness (QED) is 0.552. The van der Waals surface area contributed by atoms with Gasteiger partial charge in [-0.1, -0.05) is 29.8 Å². The Morgan fingerprint density at radius 3 is 2.59 bits per heavy atom. The maximum Gasteiger partial charge on any atom is 0.250 e. The SMILES string of the molecule is Cc1cccc(-c2ccc(S(=O)(=O)NC3CCCN(CC(=O)N4CCCC4CN4CCCC4)C3=O)s2)c1. The first kappa shape index (κ1) is 26.3. The molecule has 0 bridgehead atoms. The van der Waals surface area contributed by atoms with Gasteiger partial charge in [0.2, 0.25) is 11.8 Å². The van der Waals surface area contributed by atoms with E-state index in [0.29, 0.717) is 19.4 Å². The number of aryl methyl sites for hydroxylation is 1. The normalized spacial score (nSPS) is 23.2. The molecule has 3 saturated heterocycles. The number of rotatable bonds is 8. The van der Waals surface area contributed by atoms with Crippen LogP contribution in [0.4, 0.5) is 0 Å². The summed E-state index contributed by atoms with van der Waals surface area (Å²) in [5.74, 6) is -0.339. The van der Waals surface area contributed by atoms with Crippen molar-refractivity contribution in [2.75, 3.05) is 39.3 Å². The van der Waals surface area contributed by atoms with Gasteiger partial charge in [-0.15, -0.1) is 11.3 Å². The predicted molar refractivity (Wildman–Crippen MR) is 145 cm³/mol. The molecule has 2 aromatic rings. The lowest BCUT2D eigenvalue weighted by Gasteiger charge is -2.34. The van der Waals surface area contributed by atoms with Crippen LogP contribution in [-0.2, 0) is 19.6 Å². The summed E-state index contributed by atoms with van der Waals surface area (Å²) < 4.78 is 29.1. The summed E-state index contributed by atoms with van der Waals surface area (Å²) in [7, 11) is -3.86. The minimum absolute atomic E-state index is 0.0179. The highest BCUT2D eigenvalue weighted by molar-refractivity contribution is 7.91. The molecule has 2 unspecified atom stereocenters. The Bertz CT molecular complexity index is 1240. The Morgan fingerprint density at radius 2 is 1.81 bits per heavy atom. The van der Waals surface area contributed by atoms with Crippen molar-refractivity contribution < 1.29 is 18.0 Å². The number of amides is 2. The van der Waals surface area contributed by atoms with E-state index in [2.05, 4.69) is 9.62 Å². The summed E-state index contributed by atoms with van der Waals surface area (Å²) in [6.07, 6.45) is 5.52. The Labute approximate surface area is 223 Å². The number of sulfonamides is 1. The van der Waals surface area contributed by atoms with Crippen LogP contribution >= 0.6 is 11.3 Å². The van der Waals surface area contributed by atoms with Gasteiger partial charge < -0.3 is 14.7 Å². The third-order valence-electron chi connectivity index (χ3n) is 7.67. The monoisotopic (exact) mass is 544 g/mol. The van der Waals surface area contributed by atoms with E-state index >= 15 is 0 Å². The molecule has 3 fully saturated rings. The smallest absolute Gasteiger partial charge is 0.250 e. The fraction of sp³-hybridized carbons (Fsp3) is 0.556. The van der Waals surface area contributed by atoms with Crippen molar-refractivity contribution in [1.29, 1.82) is 0 Å². The molecular weight excluding hydrogens is 508 g/mol. The molecule has 2 amide bonds. The van der Waals surface area contributed by atoms with E-state index in [4.69, 9.17) is 0 Å². The highest BCUT2D eigenvalue weighted by Crippen LogP contribution is 2.31. The number of piperidine rings is 1. The Morgan fingerprint density at radius 1 is 1.03 bits per heavy atom. The Kier molecular flexibility index (Phi) is 7.99. The van der Waals surface area contributed by atoms with Crippen LogP contribution in [0, 0.1) is 6.92 Å². The fourth-order valence-corrected chi connectivity index (χ4v) is 8.28. The number of hydrogen-bond donors (Lipinski definition) is 1. The van der Waals surface area contributed by atoms with Gasteiger partial charge in [0.25, 0.3) is 10.0 Å². The molecule has 4 heterocycles. The van der Waals surface area contributed by atoms with Crippen LogP contribution in [0.3, 0.4) is 0 Å². The van der Waals surface area contributed by atoms with Crippen LogP contribution in [0.25, 0.3) is 10.4 Å². The highest BCUT2D eigenvalue weighted by atomic mass is 32.2. The van der Waals surface area contributed by atoms with Gasteiger partial charge in [0, 0.05) is 30.6 Å². The molecule has 8 nitrogen and oxygen atoms in total. The van der Waals surface area contributed by atoms with E-state index in [1.54, 1.807) is 12.1 Å². The molecule has 3 aliphatic heterocycles. The van der Waals surface area contributed by atoms with Crippen molar-refractivity contribution in [3.05, 3.63) is 42.0 Å². The fourth-order valence-electron chi connectivity index (χ4n) is 5.74. The van der Waals surface area contributed by atoms with Crippen molar-refractivity contribution >= 4 is 33.2 Å². The lowest BCUT2D eigenvalue weighted by molar-refractivity contribution is -0.143. The molecular formula is C27H36N4O4S2. The van der Waals surface area contributed by atoms with Crippen LogP contribution in [0.5, 0.6) is 0 Å². The summed E-state index contributed by atoms with van der Waals surface area (Å²) in [6, 6.07) is 10.7. The van der Waals surface area contributed by atoms with E-state index in [1.807, 2.05) is 36.1 Å². The number of carbonyl (C=O) groups is 2. The van der Waals surface area contributed by atoms with Crippen LogP contribution in [0.2, 0.25) is 0 Å². The van der Waals surface area contributed by atoms with E-state index < -0.39 is 16.1 Å². The number of nitrogens with zero attached hydrogens (tertiary/aromatic N) is 3. The zero-order chi connectivity index (χ0) is 26.0. The van der Waals surface area contributed by atoms with Gasteiger partial charge in [-0.05, 0) is 76.2 Å². The van der Waals surface area contributed by atoms with Gasteiger partial charge >= 0.3 is 0 Å². The topological polar surface area (TPSA) is 90.0 Å². The second kappa shape index (κ2) is 11.2. The largest absolute Gasteiger partial charge is 0.337 e. The summed E-state index contributed by atoms with van der Waals surface area (Å²) in [6.45, 7) is 6.33. The maximum absolute atomic E-state index is 13.2. The van der Waals surface area contributed by atoms with Crippen LogP contribution in [0.15, 0.2) is 40.6 Å². The van der Waals surface area contributed by atoms with Gasteiger partial charge in [-0.2, -0.15) is 4.72 Å². The summed E-state index contributed by atoms with van der Waals surface area (Å²) >= 11 is 1.19. The van der Waals surface area contributed by atoms with Crippen LogP contribution < -0.4 is 4.72 Å². The molecule has 0 spiro atoms. The standard InChI is InChI=1S/C27H36N4O4S2/c1-20-7-4-8-21(17-20)24-11-12-26(36-24)37(34,35)28-23-10-6-15-30(27(23)33)19-25(32)31-16-5-9-22(31)18-29-13-2-3-14-29/h4,7-8,11-12,17,22-23,28H,2-3,5-6,9-10,13-16,18-19H2,1H3. The predicted octanol–water partition coefficient (Wildman–Crippen LogP) is 3.08. The van der Waals surface area contributed by atoms with E-state index in [0.717, 1.165) is 55.0 Å². The highest BCUT2D eigenvalue weighted by Gasteiger charge is 2.36. The van der Waals surface area contributed by atoms with Gasteiger partial charge in [0.15, 0.2) is 0 Å². The van der Waals surface area contributed by atoms with Gasteiger partial charge in [0.1, 0.15) is 10.3 Å². The molecule has 200 valence electrons. The Hall–Kier alpha value is -2.27. The van der Waals surface area contributed by atoms with Gasteiger partial charge in [-0.25, -0.2) is 8.42 Å². The van der Waals surface area contributed by atoms with E-state index in [1.165, 1.54) is 29.1 Å². The minimum Gasteiger partial charge on any atom is -0.337 e.